The summed E-state index contributed by atoms with van der Waals surface area (Å²) < 4.78 is 80.5. The number of fused-ring (bicyclic) bond motifs is 6. The van der Waals surface area contributed by atoms with Crippen LogP contribution in [0.3, 0.4) is 0 Å². The Balaban J connectivity index is 1.39. The maximum Gasteiger partial charge on any atom is 0.303 e. The van der Waals surface area contributed by atoms with Gasteiger partial charge in [-0.25, -0.2) is 0 Å². The topological polar surface area (TPSA) is 171 Å². The van der Waals surface area contributed by atoms with E-state index in [4.69, 9.17) is 9.47 Å². The minimum absolute atomic E-state index is 0.146. The van der Waals surface area contributed by atoms with Gasteiger partial charge in [0.1, 0.15) is 6.54 Å². The van der Waals surface area contributed by atoms with Gasteiger partial charge < -0.3 is 19.5 Å². The normalized spacial score (nSPS) is 18.4. The molecule has 1 atom stereocenters. The van der Waals surface area contributed by atoms with Crippen molar-refractivity contribution in [1.82, 2.24) is 0 Å². The van der Waals surface area contributed by atoms with Crippen LogP contribution in [0.25, 0.3) is 21.5 Å². The Morgan fingerprint density at radius 2 is 1.51 bits per heavy atom. The fourth-order valence-corrected chi connectivity index (χ4v) is 10.2. The first-order valence-electron chi connectivity index (χ1n) is 20.6. The van der Waals surface area contributed by atoms with E-state index in [0.29, 0.717) is 38.0 Å². The maximum atomic E-state index is 12.1. The Morgan fingerprint density at radius 3 is 2.21 bits per heavy atom. The Kier molecular flexibility index (Phi) is 14.1. The number of aliphatic carboxylic acids is 1. The number of nitrogens with zero attached hydrogens (tertiary/aromatic N) is 2. The number of benzene rings is 4. The number of anilines is 1. The third kappa shape index (κ3) is 10.0. The van der Waals surface area contributed by atoms with Crippen LogP contribution >= 0.6 is 0 Å². The van der Waals surface area contributed by atoms with Crippen molar-refractivity contribution in [3.8, 4) is 0 Å². The average molecular weight is 874 g/mol. The van der Waals surface area contributed by atoms with Crippen LogP contribution in [-0.4, -0.2) is 93.6 Å². The van der Waals surface area contributed by atoms with Crippen LogP contribution in [0, 0.1) is 0 Å². The molecule has 2 aliphatic rings. The number of hydrogen-bond acceptors (Lipinski definition) is 8. The van der Waals surface area contributed by atoms with Crippen molar-refractivity contribution in [1.29, 1.82) is 0 Å². The van der Waals surface area contributed by atoms with Crippen LogP contribution in [0.5, 0.6) is 0 Å². The van der Waals surface area contributed by atoms with Crippen molar-refractivity contribution in [2.45, 2.75) is 81.4 Å². The van der Waals surface area contributed by atoms with Crippen LogP contribution in [0.15, 0.2) is 102 Å². The van der Waals surface area contributed by atoms with E-state index in [1.54, 1.807) is 20.3 Å². The summed E-state index contributed by atoms with van der Waals surface area (Å²) in [4.78, 5) is 13.1. The molecule has 14 heteroatoms. The van der Waals surface area contributed by atoms with Crippen LogP contribution in [-0.2, 0) is 51.8 Å². The number of carboxylic acids is 1. The van der Waals surface area contributed by atoms with Gasteiger partial charge in [-0.05, 0) is 116 Å². The summed E-state index contributed by atoms with van der Waals surface area (Å²) >= 11 is 0. The largest absolute Gasteiger partial charge is 0.481 e. The van der Waals surface area contributed by atoms with Gasteiger partial charge in [0.05, 0.1) is 29.3 Å². The Bertz CT molecular complexity index is 2660. The van der Waals surface area contributed by atoms with Gasteiger partial charge in [-0.3, -0.25) is 13.9 Å². The van der Waals surface area contributed by atoms with Gasteiger partial charge in [-0.15, -0.1) is 0 Å². The van der Waals surface area contributed by atoms with Crippen LogP contribution in [0.4, 0.5) is 11.4 Å². The van der Waals surface area contributed by atoms with E-state index >= 15 is 0 Å². The monoisotopic (exact) mass is 873 g/mol. The number of ether oxygens (including phenoxy) is 2. The summed E-state index contributed by atoms with van der Waals surface area (Å²) in [7, 11) is -5.36. The highest BCUT2D eigenvalue weighted by atomic mass is 32.2. The first-order chi connectivity index (χ1) is 28.9. The lowest BCUT2D eigenvalue weighted by Gasteiger charge is -2.30. The molecule has 61 heavy (non-hydrogen) atoms. The molecule has 3 N–H and O–H groups in total. The molecule has 0 amide bonds. The first-order valence-corrected chi connectivity index (χ1v) is 23.7. The highest BCUT2D eigenvalue weighted by molar-refractivity contribution is 7.86. The van der Waals surface area contributed by atoms with Gasteiger partial charge in [-0.1, -0.05) is 48.6 Å². The Morgan fingerprint density at radius 1 is 0.803 bits per heavy atom. The molecule has 0 bridgehead atoms. The fraction of sp³-hybridized carbons (Fsp3) is 0.404. The molecule has 0 saturated carbocycles. The molecule has 4 aromatic carbocycles. The Labute approximate surface area is 359 Å². The van der Waals surface area contributed by atoms with Crippen molar-refractivity contribution in [3.05, 3.63) is 113 Å². The number of carbonyl (C=O) groups is 1. The first kappa shape index (κ1) is 45.8. The summed E-state index contributed by atoms with van der Waals surface area (Å²) in [6.07, 6.45) is 13.8. The van der Waals surface area contributed by atoms with Crippen molar-refractivity contribution in [2.24, 2.45) is 0 Å². The van der Waals surface area contributed by atoms with E-state index in [2.05, 4.69) is 59.7 Å². The summed E-state index contributed by atoms with van der Waals surface area (Å²) in [5.74, 6) is -1.21. The van der Waals surface area contributed by atoms with Crippen molar-refractivity contribution < 1.29 is 49.9 Å². The van der Waals surface area contributed by atoms with Crippen LogP contribution in [0.1, 0.15) is 76.0 Å². The van der Waals surface area contributed by atoms with E-state index < -0.39 is 37.4 Å². The summed E-state index contributed by atoms with van der Waals surface area (Å²) in [5, 5.41) is 12.9. The van der Waals surface area contributed by atoms with Crippen molar-refractivity contribution >= 4 is 64.8 Å². The van der Waals surface area contributed by atoms with E-state index in [9.17, 15) is 35.8 Å². The second kappa shape index (κ2) is 18.7. The van der Waals surface area contributed by atoms with Gasteiger partial charge >= 0.3 is 5.97 Å². The average Bonchev–Trinajstić information content (AvgIpc) is 3.56. The zero-order chi connectivity index (χ0) is 44.2. The molecule has 6 rings (SSSR count). The number of allylic oxidation sites excluding steroid dienone is 6. The van der Waals surface area contributed by atoms with E-state index in [0.717, 1.165) is 59.5 Å². The number of rotatable bonds is 20. The standard InChI is InChI=1S/C47H56N2O10S2/c1-46(2)41(48(26-11-7-10-15-43(50)51)39-22-17-34-31-33(24-28-58-4)16-20-37(34)44(39)46)13-8-6-9-14-42-47(3,25-12-30-60(52,53)54)45-38-21-19-36(61(55,56)57)32-35(38)18-23-40(45)49(42)27-29-59-5/h6,8-9,13-14,16-23,31-32H,7,10-12,15,24-30H2,1-5H3,(H2-,50,51,52,53,54,55,56,57)/p+1. The summed E-state index contributed by atoms with van der Waals surface area (Å²) in [6, 6.07) is 19.2. The molecule has 0 radical (unpaired) electrons. The third-order valence-corrected chi connectivity index (χ3v) is 13.7. The number of unbranched alkanes of at least 4 members (excludes halogenated alkanes) is 2. The van der Waals surface area contributed by atoms with Gasteiger partial charge in [0.25, 0.3) is 20.2 Å². The zero-order valence-electron chi connectivity index (χ0n) is 35.6. The molecule has 0 saturated heterocycles. The second-order valence-corrected chi connectivity index (χ2v) is 19.6. The molecule has 2 aliphatic heterocycles. The molecule has 1 unspecified atom stereocenters. The molecule has 0 aliphatic carbocycles. The summed E-state index contributed by atoms with van der Waals surface area (Å²) in [6.45, 7) is 8.76. The molecular formula is C47H57N2O10S2+. The molecule has 2 heterocycles. The number of methoxy groups -OCH3 is 2. The molecule has 4 aromatic rings. The van der Waals surface area contributed by atoms with Crippen LogP contribution < -0.4 is 4.90 Å². The zero-order valence-corrected chi connectivity index (χ0v) is 37.2. The van der Waals surface area contributed by atoms with Gasteiger partial charge in [-0.2, -0.15) is 21.4 Å². The molecule has 0 spiro atoms. The molecule has 0 aromatic heterocycles. The predicted octanol–water partition coefficient (Wildman–Crippen LogP) is 8.54. The molecule has 12 nitrogen and oxygen atoms in total. The fourth-order valence-electron chi connectivity index (χ4n) is 9.22. The second-order valence-electron chi connectivity index (χ2n) is 16.6. The van der Waals surface area contributed by atoms with E-state index in [1.165, 1.54) is 34.0 Å². The van der Waals surface area contributed by atoms with Gasteiger partial charge in [0.2, 0.25) is 5.69 Å². The van der Waals surface area contributed by atoms with E-state index in [-0.39, 0.29) is 23.2 Å². The minimum Gasteiger partial charge on any atom is -0.481 e. The van der Waals surface area contributed by atoms with Crippen molar-refractivity contribution in [2.75, 3.05) is 51.2 Å². The third-order valence-electron chi connectivity index (χ3n) is 12.1. The maximum absolute atomic E-state index is 12.1. The van der Waals surface area contributed by atoms with Crippen LogP contribution in [0.2, 0.25) is 0 Å². The minimum atomic E-state index is -4.45. The van der Waals surface area contributed by atoms with Gasteiger partial charge in [0, 0.05) is 68.1 Å². The molecule has 0 fully saturated rings. The number of hydrogen-bond donors (Lipinski definition) is 3. The smallest absolute Gasteiger partial charge is 0.303 e. The van der Waals surface area contributed by atoms with Gasteiger partial charge in [0.15, 0.2) is 5.71 Å². The lowest BCUT2D eigenvalue weighted by molar-refractivity contribution is -0.438. The van der Waals surface area contributed by atoms with E-state index in [1.807, 2.05) is 43.4 Å². The molecule has 326 valence electrons. The highest BCUT2D eigenvalue weighted by Gasteiger charge is 2.46. The SMILES string of the molecule is COCCc1ccc2c3c(ccc2c1)[N+](CCCCCC(=O)O)=C(C=CC=CC=C1N(CCOC)c2ccc4cc(S(=O)(=O)O)ccc4c2C1(C)CCCS(=O)(=O)O)C3(C)C. The number of carboxylic acid groups (broad SMARTS) is 1. The Hall–Kier alpha value is -4.70. The molecular weight excluding hydrogens is 817 g/mol. The quantitative estimate of drug-likeness (QED) is 0.0337. The lowest BCUT2D eigenvalue weighted by Crippen LogP contribution is -2.31. The summed E-state index contributed by atoms with van der Waals surface area (Å²) in [5.41, 5.74) is 6.21. The lowest BCUT2D eigenvalue weighted by atomic mass is 9.76. The highest BCUT2D eigenvalue weighted by Crippen LogP contribution is 2.53. The predicted molar refractivity (Wildman–Crippen MR) is 241 cm³/mol. The van der Waals surface area contributed by atoms with Crippen molar-refractivity contribution in [3.63, 3.8) is 0 Å².